The van der Waals surface area contributed by atoms with Crippen molar-refractivity contribution in [1.29, 1.82) is 0 Å². The number of carbonyl (C=O) groups excluding carboxylic acids is 1. The molecule has 0 heterocycles. The van der Waals surface area contributed by atoms with Crippen LogP contribution < -0.4 is 21.7 Å². The molecule has 0 radical (unpaired) electrons. The number of hydrogen-bond donors (Lipinski definition) is 4. The molecule has 0 aromatic rings. The van der Waals surface area contributed by atoms with Crippen molar-refractivity contribution in [2.75, 3.05) is 26.2 Å². The van der Waals surface area contributed by atoms with Crippen molar-refractivity contribution in [1.82, 2.24) is 16.0 Å². The van der Waals surface area contributed by atoms with Gasteiger partial charge in [0.25, 0.3) is 0 Å². The fourth-order valence-corrected chi connectivity index (χ4v) is 10.3. The van der Waals surface area contributed by atoms with E-state index < -0.39 is 0 Å². The van der Waals surface area contributed by atoms with Crippen LogP contribution >= 0.6 is 0 Å². The number of hydrogen-bond acceptors (Lipinski definition) is 4. The van der Waals surface area contributed by atoms with E-state index in [4.69, 9.17) is 12.2 Å². The SMILES string of the molecule is C#C[C@H](CCC(=O)NC(C)C)[C@H]1CCC2C3CCC4C[C@@H](NCCCCNCCCN)CC[C@]4(C)C3CC[C@@]21C. The van der Waals surface area contributed by atoms with Crippen molar-refractivity contribution in [2.24, 2.45) is 52.1 Å². The maximum Gasteiger partial charge on any atom is 0.220 e. The number of terminal acetylenes is 1. The molecule has 5 heteroatoms. The molecule has 0 saturated heterocycles. The number of carbonyl (C=O) groups is 1. The number of rotatable bonds is 14. The zero-order valence-corrected chi connectivity index (χ0v) is 26.4. The molecule has 9 atom stereocenters. The Morgan fingerprint density at radius 2 is 1.68 bits per heavy atom. The fraction of sp³-hybridized carbons (Fsp3) is 0.914. The second-order valence-corrected chi connectivity index (χ2v) is 14.9. The molecule has 4 aliphatic rings. The van der Waals surface area contributed by atoms with Gasteiger partial charge in [-0.1, -0.05) is 13.8 Å². The van der Waals surface area contributed by atoms with E-state index in [0.29, 0.717) is 29.2 Å². The van der Waals surface area contributed by atoms with Crippen molar-refractivity contribution < 1.29 is 4.79 Å². The van der Waals surface area contributed by atoms with E-state index in [2.05, 4.69) is 35.7 Å². The monoisotopic (exact) mass is 554 g/mol. The lowest BCUT2D eigenvalue weighted by molar-refractivity contribution is -0.122. The summed E-state index contributed by atoms with van der Waals surface area (Å²) in [6.45, 7) is 13.5. The lowest BCUT2D eigenvalue weighted by Gasteiger charge is -2.61. The van der Waals surface area contributed by atoms with E-state index in [0.717, 1.165) is 62.7 Å². The van der Waals surface area contributed by atoms with Gasteiger partial charge in [-0.3, -0.25) is 4.79 Å². The predicted molar refractivity (Wildman–Crippen MR) is 168 cm³/mol. The van der Waals surface area contributed by atoms with Gasteiger partial charge in [0, 0.05) is 24.4 Å². The maximum atomic E-state index is 12.4. The van der Waals surface area contributed by atoms with Gasteiger partial charge in [-0.15, -0.1) is 12.3 Å². The van der Waals surface area contributed by atoms with E-state index in [-0.39, 0.29) is 17.9 Å². The smallest absolute Gasteiger partial charge is 0.220 e. The molecule has 5 N–H and O–H groups in total. The normalized spacial score (nSPS) is 37.7. The topological polar surface area (TPSA) is 79.2 Å². The number of amides is 1. The van der Waals surface area contributed by atoms with Crippen molar-refractivity contribution in [3.8, 4) is 12.3 Å². The van der Waals surface area contributed by atoms with Crippen molar-refractivity contribution in [3.05, 3.63) is 0 Å². The summed E-state index contributed by atoms with van der Waals surface area (Å²) in [6, 6.07) is 0.913. The number of fused-ring (bicyclic) bond motifs is 5. The van der Waals surface area contributed by atoms with Gasteiger partial charge in [-0.25, -0.2) is 0 Å². The minimum atomic E-state index is 0.158. The first kappa shape index (κ1) is 31.8. The maximum absolute atomic E-state index is 12.4. The van der Waals surface area contributed by atoms with E-state index in [1.54, 1.807) is 0 Å². The minimum absolute atomic E-state index is 0.158. The Bertz CT molecular complexity index is 853. The van der Waals surface area contributed by atoms with E-state index in [9.17, 15) is 4.79 Å². The highest BCUT2D eigenvalue weighted by Gasteiger charge is 2.60. The first-order valence-corrected chi connectivity index (χ1v) is 17.1. The lowest BCUT2D eigenvalue weighted by Crippen LogP contribution is -2.55. The highest BCUT2D eigenvalue weighted by atomic mass is 16.1. The standard InChI is InChI=1S/C35H62N4O/c1-6-26(10-15-33(40)39-25(2)3)30-13-14-31-29-12-11-27-24-28(38-23-8-7-21-37-22-9-20-36)16-18-34(27,4)32(29)17-19-35(30,31)5/h1,25-32,37-38H,7-24,36H2,2-5H3,(H,39,40)/t26-,27?,28+,29?,30-,31?,32?,34+,35-/m1/s1. The molecule has 0 aliphatic heterocycles. The van der Waals surface area contributed by atoms with E-state index in [1.165, 1.54) is 70.6 Å². The molecule has 228 valence electrons. The molecule has 4 unspecified atom stereocenters. The third-order valence-corrected chi connectivity index (χ3v) is 12.3. The summed E-state index contributed by atoms with van der Waals surface area (Å²) in [4.78, 5) is 12.4. The number of nitrogens with one attached hydrogen (secondary N) is 3. The second-order valence-electron chi connectivity index (χ2n) is 14.9. The van der Waals surface area contributed by atoms with Gasteiger partial charge < -0.3 is 21.7 Å². The van der Waals surface area contributed by atoms with Gasteiger partial charge >= 0.3 is 0 Å². The fourth-order valence-electron chi connectivity index (χ4n) is 10.3. The van der Waals surface area contributed by atoms with Crippen LogP contribution in [-0.4, -0.2) is 44.2 Å². The van der Waals surface area contributed by atoms with Gasteiger partial charge in [0.1, 0.15) is 0 Å². The molecule has 4 aliphatic carbocycles. The summed E-state index contributed by atoms with van der Waals surface area (Å²) >= 11 is 0. The average molecular weight is 555 g/mol. The van der Waals surface area contributed by atoms with Gasteiger partial charge in [0.05, 0.1) is 0 Å². The van der Waals surface area contributed by atoms with E-state index in [1.807, 2.05) is 13.8 Å². The van der Waals surface area contributed by atoms with Crippen molar-refractivity contribution >= 4 is 5.91 Å². The predicted octanol–water partition coefficient (Wildman–Crippen LogP) is 5.88. The molecule has 0 bridgehead atoms. The van der Waals surface area contributed by atoms with Crippen LogP contribution in [0.2, 0.25) is 0 Å². The zero-order chi connectivity index (χ0) is 28.8. The Morgan fingerprint density at radius 1 is 0.950 bits per heavy atom. The van der Waals surface area contributed by atoms with Crippen molar-refractivity contribution in [2.45, 2.75) is 130 Å². The summed E-state index contributed by atoms with van der Waals surface area (Å²) in [7, 11) is 0. The van der Waals surface area contributed by atoms with Crippen LogP contribution in [0.3, 0.4) is 0 Å². The molecule has 4 saturated carbocycles. The molecule has 4 fully saturated rings. The zero-order valence-electron chi connectivity index (χ0n) is 26.4. The lowest BCUT2D eigenvalue weighted by atomic mass is 9.44. The van der Waals surface area contributed by atoms with Crippen LogP contribution in [0.15, 0.2) is 0 Å². The molecular formula is C35H62N4O. The molecular weight excluding hydrogens is 492 g/mol. The largest absolute Gasteiger partial charge is 0.354 e. The van der Waals surface area contributed by atoms with Gasteiger partial charge in [-0.2, -0.15) is 0 Å². The van der Waals surface area contributed by atoms with Crippen LogP contribution in [0.4, 0.5) is 0 Å². The first-order valence-electron chi connectivity index (χ1n) is 17.1. The molecule has 0 spiro atoms. The summed E-state index contributed by atoms with van der Waals surface area (Å²) in [5, 5.41) is 10.5. The molecule has 5 nitrogen and oxygen atoms in total. The third kappa shape index (κ3) is 7.09. The van der Waals surface area contributed by atoms with Crippen LogP contribution in [0.25, 0.3) is 0 Å². The highest BCUT2D eigenvalue weighted by molar-refractivity contribution is 5.76. The summed E-state index contributed by atoms with van der Waals surface area (Å²) in [6.07, 6.45) is 23.5. The summed E-state index contributed by atoms with van der Waals surface area (Å²) in [5.74, 6) is 7.64. The summed E-state index contributed by atoms with van der Waals surface area (Å²) < 4.78 is 0. The number of unbranched alkanes of at least 4 members (excludes halogenated alkanes) is 1. The Kier molecular flexibility index (Phi) is 11.5. The van der Waals surface area contributed by atoms with Crippen molar-refractivity contribution in [3.63, 3.8) is 0 Å². The highest BCUT2D eigenvalue weighted by Crippen LogP contribution is 2.68. The molecule has 4 rings (SSSR count). The van der Waals surface area contributed by atoms with Crippen LogP contribution in [0.5, 0.6) is 0 Å². The van der Waals surface area contributed by atoms with E-state index >= 15 is 0 Å². The summed E-state index contributed by atoms with van der Waals surface area (Å²) in [5.41, 5.74) is 6.45. The Morgan fingerprint density at radius 3 is 2.42 bits per heavy atom. The average Bonchev–Trinajstić information content (AvgIpc) is 3.27. The molecule has 1 amide bonds. The Hall–Kier alpha value is -1.09. The van der Waals surface area contributed by atoms with Gasteiger partial charge in [-0.05, 0) is 164 Å². The quantitative estimate of drug-likeness (QED) is 0.160. The second kappa shape index (κ2) is 14.4. The van der Waals surface area contributed by atoms with Crippen LogP contribution in [-0.2, 0) is 4.79 Å². The minimum Gasteiger partial charge on any atom is -0.354 e. The molecule has 40 heavy (non-hydrogen) atoms. The Labute approximate surface area is 246 Å². The molecule has 0 aromatic carbocycles. The van der Waals surface area contributed by atoms with Crippen LogP contribution in [0, 0.1) is 58.7 Å². The Balaban J connectivity index is 1.28. The molecule has 0 aromatic heterocycles. The third-order valence-electron chi connectivity index (χ3n) is 12.3. The van der Waals surface area contributed by atoms with Gasteiger partial charge in [0.15, 0.2) is 0 Å². The number of nitrogens with two attached hydrogens (primary N) is 1. The van der Waals surface area contributed by atoms with Crippen LogP contribution in [0.1, 0.15) is 118 Å². The first-order chi connectivity index (χ1) is 19.2. The van der Waals surface area contributed by atoms with Gasteiger partial charge in [0.2, 0.25) is 5.91 Å².